The molecule has 8 heteroatoms. The predicted octanol–water partition coefficient (Wildman–Crippen LogP) is 1.77. The summed E-state index contributed by atoms with van der Waals surface area (Å²) >= 11 is 1.45. The van der Waals surface area contributed by atoms with Crippen molar-refractivity contribution in [3.8, 4) is 11.5 Å². The number of rotatable bonds is 5. The molecular formula is C15H18ClN3O3S. The zero-order chi connectivity index (χ0) is 15.4. The average Bonchev–Trinajstić information content (AvgIpc) is 3.01. The number of fused-ring (bicyclic) bond motifs is 1. The fourth-order valence-corrected chi connectivity index (χ4v) is 2.92. The number of benzene rings is 1. The quantitative estimate of drug-likeness (QED) is 0.853. The Morgan fingerprint density at radius 3 is 2.87 bits per heavy atom. The molecule has 1 aliphatic heterocycles. The molecule has 2 aromatic rings. The van der Waals surface area contributed by atoms with Gasteiger partial charge in [0.25, 0.3) is 5.91 Å². The van der Waals surface area contributed by atoms with E-state index in [9.17, 15) is 4.79 Å². The first-order valence-electron chi connectivity index (χ1n) is 7.07. The summed E-state index contributed by atoms with van der Waals surface area (Å²) in [5.41, 5.74) is 6.87. The first kappa shape index (κ1) is 17.5. The van der Waals surface area contributed by atoms with E-state index in [4.69, 9.17) is 15.2 Å². The first-order valence-corrected chi connectivity index (χ1v) is 7.95. The summed E-state index contributed by atoms with van der Waals surface area (Å²) in [6, 6.07) is 5.66. The van der Waals surface area contributed by atoms with Crippen LogP contribution in [0.15, 0.2) is 23.6 Å². The van der Waals surface area contributed by atoms with E-state index in [0.717, 1.165) is 22.1 Å². The van der Waals surface area contributed by atoms with Crippen molar-refractivity contribution < 1.29 is 14.3 Å². The Balaban J connectivity index is 0.00000192. The highest BCUT2D eigenvalue weighted by Crippen LogP contribution is 2.30. The lowest BCUT2D eigenvalue weighted by Gasteiger charge is -2.18. The van der Waals surface area contributed by atoms with Crippen molar-refractivity contribution in [1.29, 1.82) is 0 Å². The van der Waals surface area contributed by atoms with Crippen LogP contribution >= 0.6 is 23.7 Å². The maximum Gasteiger partial charge on any atom is 0.271 e. The summed E-state index contributed by atoms with van der Waals surface area (Å²) in [7, 11) is 0. The molecule has 6 nitrogen and oxygen atoms in total. The number of carbonyl (C=O) groups excluding carboxylic acids is 1. The van der Waals surface area contributed by atoms with E-state index in [2.05, 4.69) is 10.3 Å². The third kappa shape index (κ3) is 4.34. The van der Waals surface area contributed by atoms with Crippen LogP contribution in [0.5, 0.6) is 11.5 Å². The van der Waals surface area contributed by atoms with Gasteiger partial charge in [-0.1, -0.05) is 6.07 Å². The number of amides is 1. The summed E-state index contributed by atoms with van der Waals surface area (Å²) in [6.45, 7) is 2.06. The Morgan fingerprint density at radius 1 is 1.30 bits per heavy atom. The average molecular weight is 356 g/mol. The molecule has 1 amide bonds. The number of nitrogens with one attached hydrogen (secondary N) is 1. The Hall–Kier alpha value is -1.83. The van der Waals surface area contributed by atoms with Gasteiger partial charge in [-0.2, -0.15) is 0 Å². The molecule has 2 heterocycles. The molecule has 1 aromatic carbocycles. The molecule has 0 spiro atoms. The van der Waals surface area contributed by atoms with Gasteiger partial charge in [-0.15, -0.1) is 23.7 Å². The van der Waals surface area contributed by atoms with Gasteiger partial charge in [0.2, 0.25) is 0 Å². The summed E-state index contributed by atoms with van der Waals surface area (Å²) in [6.07, 6.45) is 0.695. The molecule has 0 unspecified atom stereocenters. The Kier molecular flexibility index (Phi) is 6.20. The van der Waals surface area contributed by atoms with Crippen molar-refractivity contribution in [3.63, 3.8) is 0 Å². The third-order valence-electron chi connectivity index (χ3n) is 3.20. The second-order valence-corrected chi connectivity index (χ2v) is 5.77. The number of hydrogen-bond acceptors (Lipinski definition) is 6. The van der Waals surface area contributed by atoms with Gasteiger partial charge in [-0.25, -0.2) is 4.98 Å². The Morgan fingerprint density at radius 2 is 2.09 bits per heavy atom. The van der Waals surface area contributed by atoms with E-state index in [0.29, 0.717) is 38.4 Å². The summed E-state index contributed by atoms with van der Waals surface area (Å²) in [5.74, 6) is 1.28. The molecule has 0 saturated heterocycles. The van der Waals surface area contributed by atoms with Crippen LogP contribution in [0.3, 0.4) is 0 Å². The third-order valence-corrected chi connectivity index (χ3v) is 4.11. The lowest BCUT2D eigenvalue weighted by molar-refractivity contribution is 0.0946. The van der Waals surface area contributed by atoms with E-state index in [-0.39, 0.29) is 18.3 Å². The number of thiazole rings is 1. The van der Waals surface area contributed by atoms with E-state index < -0.39 is 0 Å². The van der Waals surface area contributed by atoms with Crippen molar-refractivity contribution in [3.05, 3.63) is 39.8 Å². The molecule has 1 aliphatic rings. The maximum atomic E-state index is 12.1. The fourth-order valence-electron chi connectivity index (χ4n) is 2.12. The molecule has 0 atom stereocenters. The number of nitrogens with two attached hydrogens (primary N) is 1. The molecule has 3 N–H and O–H groups in total. The van der Waals surface area contributed by atoms with Crippen molar-refractivity contribution in [2.45, 2.75) is 13.0 Å². The number of hydrogen-bond donors (Lipinski definition) is 2. The minimum absolute atomic E-state index is 0. The molecular weight excluding hydrogens is 338 g/mol. The van der Waals surface area contributed by atoms with Gasteiger partial charge in [0.05, 0.1) is 5.01 Å². The van der Waals surface area contributed by atoms with Crippen molar-refractivity contribution >= 4 is 29.7 Å². The molecule has 0 radical (unpaired) electrons. The number of aromatic nitrogens is 1. The summed E-state index contributed by atoms with van der Waals surface area (Å²) < 4.78 is 11.0. The first-order chi connectivity index (χ1) is 10.8. The van der Waals surface area contributed by atoms with Crippen LogP contribution in [0.4, 0.5) is 0 Å². The number of nitrogens with zero attached hydrogens (tertiary/aromatic N) is 1. The van der Waals surface area contributed by atoms with Gasteiger partial charge in [0, 0.05) is 18.3 Å². The second kappa shape index (κ2) is 8.14. The van der Waals surface area contributed by atoms with Crippen molar-refractivity contribution in [2.24, 2.45) is 5.73 Å². The van der Waals surface area contributed by atoms with E-state index >= 15 is 0 Å². The van der Waals surface area contributed by atoms with E-state index in [1.807, 2.05) is 18.2 Å². The summed E-state index contributed by atoms with van der Waals surface area (Å²) in [5, 5.41) is 5.49. The molecule has 23 heavy (non-hydrogen) atoms. The van der Waals surface area contributed by atoms with E-state index in [1.54, 1.807) is 5.38 Å². The minimum atomic E-state index is -0.186. The van der Waals surface area contributed by atoms with Gasteiger partial charge in [0.15, 0.2) is 11.5 Å². The zero-order valence-electron chi connectivity index (χ0n) is 12.4. The minimum Gasteiger partial charge on any atom is -0.486 e. The monoisotopic (exact) mass is 355 g/mol. The Bertz CT molecular complexity index is 678. The SMILES string of the molecule is Cl.NCCc1nc(C(=O)NCc2ccc3c(c2)OCCO3)cs1. The van der Waals surface area contributed by atoms with E-state index in [1.165, 1.54) is 11.3 Å². The molecule has 0 aliphatic carbocycles. The van der Waals surface area contributed by atoms with Crippen LogP contribution in [0.2, 0.25) is 0 Å². The van der Waals surface area contributed by atoms with Crippen molar-refractivity contribution in [2.75, 3.05) is 19.8 Å². The Labute approximate surface area is 144 Å². The second-order valence-electron chi connectivity index (χ2n) is 4.83. The van der Waals surface area contributed by atoms with Crippen LogP contribution in [0, 0.1) is 0 Å². The van der Waals surface area contributed by atoms with Gasteiger partial charge < -0.3 is 20.5 Å². The van der Waals surface area contributed by atoms with Crippen LogP contribution in [0.25, 0.3) is 0 Å². The molecule has 0 fully saturated rings. The molecule has 1 aromatic heterocycles. The van der Waals surface area contributed by atoms with Crippen LogP contribution in [-0.4, -0.2) is 30.6 Å². The van der Waals surface area contributed by atoms with Crippen LogP contribution < -0.4 is 20.5 Å². The zero-order valence-corrected chi connectivity index (χ0v) is 14.0. The van der Waals surface area contributed by atoms with Gasteiger partial charge in [-0.3, -0.25) is 4.79 Å². The van der Waals surface area contributed by atoms with Gasteiger partial charge in [0.1, 0.15) is 18.9 Å². The highest BCUT2D eigenvalue weighted by atomic mass is 35.5. The predicted molar refractivity (Wildman–Crippen MR) is 90.7 cm³/mol. The number of carbonyl (C=O) groups is 1. The normalized spacial score (nSPS) is 12.4. The smallest absolute Gasteiger partial charge is 0.271 e. The lowest BCUT2D eigenvalue weighted by atomic mass is 10.2. The molecule has 0 bridgehead atoms. The number of halogens is 1. The number of ether oxygens (including phenoxy) is 2. The fraction of sp³-hybridized carbons (Fsp3) is 0.333. The standard InChI is InChI=1S/C15H17N3O3S.ClH/c16-4-3-14-18-11(9-22-14)15(19)17-8-10-1-2-12-13(7-10)21-6-5-20-12;/h1-2,7,9H,3-6,8,16H2,(H,17,19);1H. The van der Waals surface area contributed by atoms with Gasteiger partial charge in [-0.05, 0) is 24.2 Å². The lowest BCUT2D eigenvalue weighted by Crippen LogP contribution is -2.23. The summed E-state index contributed by atoms with van der Waals surface area (Å²) in [4.78, 5) is 16.3. The molecule has 124 valence electrons. The highest BCUT2D eigenvalue weighted by Gasteiger charge is 2.13. The molecule has 3 rings (SSSR count). The van der Waals surface area contributed by atoms with Crippen LogP contribution in [-0.2, 0) is 13.0 Å². The van der Waals surface area contributed by atoms with Crippen molar-refractivity contribution in [1.82, 2.24) is 10.3 Å². The highest BCUT2D eigenvalue weighted by molar-refractivity contribution is 7.09. The maximum absolute atomic E-state index is 12.1. The van der Waals surface area contributed by atoms with Crippen LogP contribution in [0.1, 0.15) is 21.1 Å². The largest absolute Gasteiger partial charge is 0.486 e. The van der Waals surface area contributed by atoms with Gasteiger partial charge >= 0.3 is 0 Å². The molecule has 0 saturated carbocycles. The topological polar surface area (TPSA) is 86.5 Å².